The average molecular weight is 332 g/mol. The molecule has 0 bridgehead atoms. The lowest BCUT2D eigenvalue weighted by molar-refractivity contribution is 0.102. The molecule has 22 heavy (non-hydrogen) atoms. The van der Waals surface area contributed by atoms with Crippen LogP contribution in [0.5, 0.6) is 0 Å². The van der Waals surface area contributed by atoms with Crippen molar-refractivity contribution in [3.63, 3.8) is 0 Å². The molecule has 6 heteroatoms. The molecule has 2 aromatic carbocycles. The highest BCUT2D eigenvalue weighted by atomic mass is 35.5. The highest BCUT2D eigenvalue weighted by molar-refractivity contribution is 6.31. The standard InChI is InChI=1S/C16H11Cl2N3O/c17-11-4-6-13(7-5-11)19-16(22)15-9-14(20-21-15)10-2-1-3-12(18)8-10/h1-9H,(H,19,22)(H,20,21). The normalized spacial score (nSPS) is 10.5. The minimum Gasteiger partial charge on any atom is -0.321 e. The van der Waals surface area contributed by atoms with Crippen molar-refractivity contribution >= 4 is 34.8 Å². The van der Waals surface area contributed by atoms with Crippen molar-refractivity contribution in [2.24, 2.45) is 0 Å². The van der Waals surface area contributed by atoms with E-state index in [1.807, 2.05) is 12.1 Å². The first-order chi connectivity index (χ1) is 10.6. The molecule has 0 saturated heterocycles. The molecule has 0 fully saturated rings. The molecule has 0 spiro atoms. The van der Waals surface area contributed by atoms with Crippen LogP contribution < -0.4 is 5.32 Å². The maximum absolute atomic E-state index is 12.2. The molecule has 0 aliphatic rings. The van der Waals surface area contributed by atoms with Crippen LogP contribution in [-0.4, -0.2) is 16.1 Å². The number of hydrogen-bond acceptors (Lipinski definition) is 2. The Morgan fingerprint density at radius 2 is 1.77 bits per heavy atom. The van der Waals surface area contributed by atoms with Gasteiger partial charge in [0.2, 0.25) is 0 Å². The third-order valence-electron chi connectivity index (χ3n) is 3.04. The van der Waals surface area contributed by atoms with Gasteiger partial charge < -0.3 is 5.32 Å². The van der Waals surface area contributed by atoms with Crippen molar-refractivity contribution in [3.8, 4) is 11.3 Å². The lowest BCUT2D eigenvalue weighted by Crippen LogP contribution is -2.12. The zero-order chi connectivity index (χ0) is 15.5. The van der Waals surface area contributed by atoms with Crippen molar-refractivity contribution in [2.45, 2.75) is 0 Å². The first kappa shape index (κ1) is 14.6. The quantitative estimate of drug-likeness (QED) is 0.734. The van der Waals surface area contributed by atoms with E-state index in [1.54, 1.807) is 42.5 Å². The summed E-state index contributed by atoms with van der Waals surface area (Å²) in [6, 6.07) is 15.8. The number of aromatic amines is 1. The number of H-pyrrole nitrogens is 1. The van der Waals surface area contributed by atoms with Crippen LogP contribution in [0.3, 0.4) is 0 Å². The van der Waals surface area contributed by atoms with Gasteiger partial charge in [-0.05, 0) is 42.5 Å². The summed E-state index contributed by atoms with van der Waals surface area (Å²) in [7, 11) is 0. The summed E-state index contributed by atoms with van der Waals surface area (Å²) in [6.07, 6.45) is 0. The van der Waals surface area contributed by atoms with Crippen LogP contribution >= 0.6 is 23.2 Å². The Kier molecular flexibility index (Phi) is 4.13. The van der Waals surface area contributed by atoms with E-state index >= 15 is 0 Å². The Bertz CT molecular complexity index is 812. The molecular weight excluding hydrogens is 321 g/mol. The Balaban J connectivity index is 1.78. The zero-order valence-electron chi connectivity index (χ0n) is 11.3. The highest BCUT2D eigenvalue weighted by Gasteiger charge is 2.11. The van der Waals surface area contributed by atoms with Crippen LogP contribution in [0.25, 0.3) is 11.3 Å². The van der Waals surface area contributed by atoms with E-state index in [0.29, 0.717) is 27.1 Å². The predicted molar refractivity (Wildman–Crippen MR) is 88.4 cm³/mol. The first-order valence-corrected chi connectivity index (χ1v) is 7.26. The van der Waals surface area contributed by atoms with Crippen molar-refractivity contribution in [1.82, 2.24) is 10.2 Å². The summed E-state index contributed by atoms with van der Waals surface area (Å²) < 4.78 is 0. The van der Waals surface area contributed by atoms with E-state index in [-0.39, 0.29) is 5.91 Å². The van der Waals surface area contributed by atoms with Crippen LogP contribution in [0.4, 0.5) is 5.69 Å². The molecule has 0 radical (unpaired) electrons. The number of rotatable bonds is 3. The summed E-state index contributed by atoms with van der Waals surface area (Å²) >= 11 is 11.8. The number of benzene rings is 2. The SMILES string of the molecule is O=C(Nc1ccc(Cl)cc1)c1cc(-c2cccc(Cl)c2)n[nH]1. The van der Waals surface area contributed by atoms with Gasteiger partial charge >= 0.3 is 0 Å². The third-order valence-corrected chi connectivity index (χ3v) is 3.53. The second kappa shape index (κ2) is 6.22. The third kappa shape index (κ3) is 3.30. The van der Waals surface area contributed by atoms with Crippen molar-refractivity contribution < 1.29 is 4.79 Å². The van der Waals surface area contributed by atoms with Gasteiger partial charge in [0, 0.05) is 21.3 Å². The van der Waals surface area contributed by atoms with Gasteiger partial charge in [-0.1, -0.05) is 35.3 Å². The molecule has 1 heterocycles. The lowest BCUT2D eigenvalue weighted by atomic mass is 10.1. The van der Waals surface area contributed by atoms with Crippen molar-refractivity contribution in [3.05, 3.63) is 70.3 Å². The molecule has 4 nitrogen and oxygen atoms in total. The van der Waals surface area contributed by atoms with Crippen molar-refractivity contribution in [1.29, 1.82) is 0 Å². The Labute approximate surface area is 137 Å². The number of nitrogens with zero attached hydrogens (tertiary/aromatic N) is 1. The van der Waals surface area contributed by atoms with Crippen LogP contribution in [0, 0.1) is 0 Å². The van der Waals surface area contributed by atoms with Gasteiger partial charge in [0.15, 0.2) is 0 Å². The molecule has 3 rings (SSSR count). The maximum atomic E-state index is 12.2. The molecular formula is C16H11Cl2N3O. The number of hydrogen-bond donors (Lipinski definition) is 2. The Morgan fingerprint density at radius 3 is 2.50 bits per heavy atom. The largest absolute Gasteiger partial charge is 0.321 e. The summed E-state index contributed by atoms with van der Waals surface area (Å²) in [6.45, 7) is 0. The minimum absolute atomic E-state index is 0.275. The van der Waals surface area contributed by atoms with Gasteiger partial charge in [-0.25, -0.2) is 0 Å². The summed E-state index contributed by atoms with van der Waals surface area (Å²) in [5.74, 6) is -0.275. The number of halogens is 2. The topological polar surface area (TPSA) is 57.8 Å². The average Bonchev–Trinajstić information content (AvgIpc) is 3.00. The first-order valence-electron chi connectivity index (χ1n) is 6.50. The van der Waals surface area contributed by atoms with Gasteiger partial charge in [-0.15, -0.1) is 0 Å². The van der Waals surface area contributed by atoms with E-state index in [2.05, 4.69) is 15.5 Å². The molecule has 1 aromatic heterocycles. The maximum Gasteiger partial charge on any atom is 0.273 e. The number of anilines is 1. The van der Waals surface area contributed by atoms with Crippen LogP contribution in [-0.2, 0) is 0 Å². The Hall–Kier alpha value is -2.30. The number of nitrogens with one attached hydrogen (secondary N) is 2. The summed E-state index contributed by atoms with van der Waals surface area (Å²) in [5.41, 5.74) is 2.52. The van der Waals surface area contributed by atoms with E-state index in [0.717, 1.165) is 5.56 Å². The zero-order valence-corrected chi connectivity index (χ0v) is 12.8. The van der Waals surface area contributed by atoms with Gasteiger partial charge in [-0.2, -0.15) is 5.10 Å². The van der Waals surface area contributed by atoms with Crippen LogP contribution in [0.1, 0.15) is 10.5 Å². The van der Waals surface area contributed by atoms with Gasteiger partial charge in [0.05, 0.1) is 5.69 Å². The van der Waals surface area contributed by atoms with E-state index in [9.17, 15) is 4.79 Å². The number of amides is 1. The molecule has 0 unspecified atom stereocenters. The molecule has 0 saturated carbocycles. The molecule has 3 aromatic rings. The van der Waals surface area contributed by atoms with Gasteiger partial charge in [0.25, 0.3) is 5.91 Å². The van der Waals surface area contributed by atoms with Gasteiger partial charge in [0.1, 0.15) is 5.69 Å². The minimum atomic E-state index is -0.275. The second-order valence-corrected chi connectivity index (χ2v) is 5.51. The number of carbonyl (C=O) groups is 1. The lowest BCUT2D eigenvalue weighted by Gasteiger charge is -2.02. The van der Waals surface area contributed by atoms with Crippen LogP contribution in [0.2, 0.25) is 10.0 Å². The highest BCUT2D eigenvalue weighted by Crippen LogP contribution is 2.22. The fourth-order valence-corrected chi connectivity index (χ4v) is 2.28. The molecule has 1 amide bonds. The molecule has 0 aliphatic heterocycles. The van der Waals surface area contributed by atoms with E-state index in [4.69, 9.17) is 23.2 Å². The van der Waals surface area contributed by atoms with Crippen LogP contribution in [0.15, 0.2) is 54.6 Å². The fourth-order valence-electron chi connectivity index (χ4n) is 1.97. The summed E-state index contributed by atoms with van der Waals surface area (Å²) in [5, 5.41) is 10.9. The molecule has 0 aliphatic carbocycles. The fraction of sp³-hybridized carbons (Fsp3) is 0. The van der Waals surface area contributed by atoms with E-state index in [1.165, 1.54) is 0 Å². The van der Waals surface area contributed by atoms with E-state index < -0.39 is 0 Å². The Morgan fingerprint density at radius 1 is 1.00 bits per heavy atom. The second-order valence-electron chi connectivity index (χ2n) is 4.64. The molecule has 110 valence electrons. The summed E-state index contributed by atoms with van der Waals surface area (Å²) in [4.78, 5) is 12.2. The monoisotopic (exact) mass is 331 g/mol. The molecule has 0 atom stereocenters. The molecule has 2 N–H and O–H groups in total. The smallest absolute Gasteiger partial charge is 0.273 e. The predicted octanol–water partition coefficient (Wildman–Crippen LogP) is 4.64. The van der Waals surface area contributed by atoms with Gasteiger partial charge in [-0.3, -0.25) is 9.89 Å². The number of carbonyl (C=O) groups excluding carboxylic acids is 1. The van der Waals surface area contributed by atoms with Crippen molar-refractivity contribution in [2.75, 3.05) is 5.32 Å². The number of aromatic nitrogens is 2.